The first-order chi connectivity index (χ1) is 9.56. The van der Waals surface area contributed by atoms with E-state index >= 15 is 0 Å². The van der Waals surface area contributed by atoms with Crippen molar-refractivity contribution >= 4 is 17.8 Å². The van der Waals surface area contributed by atoms with Crippen LogP contribution in [0.15, 0.2) is 24.5 Å². The minimum atomic E-state index is -0.765. The standard InChI is InChI=1S/C13H16N4O3/c1-17(7-4-9-2-5-14-6-3-9)11(18)8-10-12(19)16-13(20)15-10/h2-3,5-6,10H,4,7-8H2,1H3,(H2,15,16,19,20). The Bertz CT molecular complexity index is 518. The predicted octanol–water partition coefficient (Wildman–Crippen LogP) is -0.319. The molecule has 20 heavy (non-hydrogen) atoms. The van der Waals surface area contributed by atoms with E-state index < -0.39 is 18.0 Å². The lowest BCUT2D eigenvalue weighted by Gasteiger charge is -2.18. The molecule has 7 nitrogen and oxygen atoms in total. The summed E-state index contributed by atoms with van der Waals surface area (Å²) in [5, 5.41) is 4.51. The summed E-state index contributed by atoms with van der Waals surface area (Å²) in [5.74, 6) is -0.632. The zero-order valence-corrected chi connectivity index (χ0v) is 11.1. The van der Waals surface area contributed by atoms with Gasteiger partial charge in [-0.2, -0.15) is 0 Å². The van der Waals surface area contributed by atoms with E-state index in [9.17, 15) is 14.4 Å². The highest BCUT2D eigenvalue weighted by Gasteiger charge is 2.31. The molecule has 1 unspecified atom stereocenters. The number of pyridine rings is 1. The normalized spacial score (nSPS) is 17.6. The lowest BCUT2D eigenvalue weighted by Crippen LogP contribution is -2.37. The zero-order chi connectivity index (χ0) is 14.5. The first-order valence-corrected chi connectivity index (χ1v) is 6.30. The Labute approximate surface area is 116 Å². The van der Waals surface area contributed by atoms with Crippen molar-refractivity contribution in [2.45, 2.75) is 18.9 Å². The van der Waals surface area contributed by atoms with Crippen molar-refractivity contribution in [3.63, 3.8) is 0 Å². The number of carbonyl (C=O) groups excluding carboxylic acids is 3. The minimum Gasteiger partial charge on any atom is -0.345 e. The van der Waals surface area contributed by atoms with Gasteiger partial charge in [-0.15, -0.1) is 0 Å². The molecule has 0 saturated carbocycles. The highest BCUT2D eigenvalue weighted by atomic mass is 16.2. The van der Waals surface area contributed by atoms with Gasteiger partial charge in [-0.1, -0.05) is 0 Å². The molecule has 0 aromatic carbocycles. The number of urea groups is 1. The molecule has 1 saturated heterocycles. The fraction of sp³-hybridized carbons (Fsp3) is 0.385. The number of likely N-dealkylation sites (N-methyl/N-ethyl adjacent to an activating group) is 1. The van der Waals surface area contributed by atoms with Gasteiger partial charge >= 0.3 is 6.03 Å². The third-order valence-corrected chi connectivity index (χ3v) is 3.15. The summed E-state index contributed by atoms with van der Waals surface area (Å²) >= 11 is 0. The Morgan fingerprint density at radius 3 is 2.65 bits per heavy atom. The molecule has 1 fully saturated rings. The SMILES string of the molecule is CN(CCc1ccncc1)C(=O)CC1NC(=O)NC1=O. The van der Waals surface area contributed by atoms with Crippen LogP contribution in [0.3, 0.4) is 0 Å². The summed E-state index contributed by atoms with van der Waals surface area (Å²) in [6.45, 7) is 0.547. The van der Waals surface area contributed by atoms with Crippen LogP contribution >= 0.6 is 0 Å². The molecule has 1 aliphatic heterocycles. The second-order valence-corrected chi connectivity index (χ2v) is 4.64. The third kappa shape index (κ3) is 3.53. The summed E-state index contributed by atoms with van der Waals surface area (Å²) in [5.41, 5.74) is 1.09. The summed E-state index contributed by atoms with van der Waals surface area (Å²) in [6, 6.07) is 2.47. The van der Waals surface area contributed by atoms with E-state index in [2.05, 4.69) is 15.6 Å². The summed E-state index contributed by atoms with van der Waals surface area (Å²) in [6.07, 6.45) is 4.10. The molecular weight excluding hydrogens is 260 g/mol. The molecular formula is C13H16N4O3. The Kier molecular flexibility index (Phi) is 4.29. The van der Waals surface area contributed by atoms with Crippen LogP contribution in [-0.4, -0.2) is 47.4 Å². The maximum atomic E-state index is 12.0. The van der Waals surface area contributed by atoms with Crippen LogP contribution in [0.4, 0.5) is 4.79 Å². The van der Waals surface area contributed by atoms with Gasteiger partial charge < -0.3 is 10.2 Å². The molecule has 2 N–H and O–H groups in total. The van der Waals surface area contributed by atoms with Gasteiger partial charge in [0.15, 0.2) is 0 Å². The molecule has 0 bridgehead atoms. The van der Waals surface area contributed by atoms with Crippen molar-refractivity contribution in [1.29, 1.82) is 0 Å². The maximum absolute atomic E-state index is 12.0. The number of hydrogen-bond acceptors (Lipinski definition) is 4. The van der Waals surface area contributed by atoms with Crippen LogP contribution < -0.4 is 10.6 Å². The minimum absolute atomic E-state index is 0.0234. The van der Waals surface area contributed by atoms with Crippen LogP contribution in [0, 0.1) is 0 Å². The molecule has 7 heteroatoms. The fourth-order valence-electron chi connectivity index (χ4n) is 1.90. The smallest absolute Gasteiger partial charge is 0.322 e. The molecule has 106 valence electrons. The van der Waals surface area contributed by atoms with E-state index in [-0.39, 0.29) is 12.3 Å². The maximum Gasteiger partial charge on any atom is 0.322 e. The number of nitrogens with one attached hydrogen (secondary N) is 2. The summed E-state index contributed by atoms with van der Waals surface area (Å²) < 4.78 is 0. The van der Waals surface area contributed by atoms with Gasteiger partial charge in [0.25, 0.3) is 5.91 Å². The molecule has 0 spiro atoms. The molecule has 1 atom stereocenters. The molecule has 0 radical (unpaired) electrons. The second-order valence-electron chi connectivity index (χ2n) is 4.64. The van der Waals surface area contributed by atoms with Gasteiger partial charge in [-0.3, -0.25) is 19.9 Å². The van der Waals surface area contributed by atoms with Gasteiger partial charge in [-0.05, 0) is 24.1 Å². The summed E-state index contributed by atoms with van der Waals surface area (Å²) in [7, 11) is 1.68. The lowest BCUT2D eigenvalue weighted by molar-refractivity contribution is -0.132. The van der Waals surface area contributed by atoms with Gasteiger partial charge in [0.2, 0.25) is 5.91 Å². The van der Waals surface area contributed by atoms with Gasteiger partial charge in [0, 0.05) is 26.0 Å². The highest BCUT2D eigenvalue weighted by Crippen LogP contribution is 2.04. The molecule has 1 aromatic heterocycles. The van der Waals surface area contributed by atoms with Crippen molar-refractivity contribution in [3.05, 3.63) is 30.1 Å². The Morgan fingerprint density at radius 2 is 2.05 bits per heavy atom. The van der Waals surface area contributed by atoms with E-state index in [0.717, 1.165) is 5.56 Å². The van der Waals surface area contributed by atoms with Gasteiger partial charge in [0.05, 0.1) is 6.42 Å². The molecule has 4 amide bonds. The Hall–Kier alpha value is -2.44. The first kappa shape index (κ1) is 14.0. The second kappa shape index (κ2) is 6.14. The van der Waals surface area contributed by atoms with Crippen molar-refractivity contribution in [3.8, 4) is 0 Å². The number of hydrogen-bond donors (Lipinski definition) is 2. The number of amides is 4. The molecule has 1 aromatic rings. The Morgan fingerprint density at radius 1 is 1.35 bits per heavy atom. The highest BCUT2D eigenvalue weighted by molar-refractivity contribution is 6.05. The predicted molar refractivity (Wildman–Crippen MR) is 70.7 cm³/mol. The van der Waals surface area contributed by atoms with Crippen LogP contribution in [0.25, 0.3) is 0 Å². The van der Waals surface area contributed by atoms with Crippen molar-refractivity contribution in [2.24, 2.45) is 0 Å². The first-order valence-electron chi connectivity index (χ1n) is 6.30. The van der Waals surface area contributed by atoms with Crippen molar-refractivity contribution in [1.82, 2.24) is 20.5 Å². The number of aromatic nitrogens is 1. The monoisotopic (exact) mass is 276 g/mol. The average molecular weight is 276 g/mol. The van der Waals surface area contributed by atoms with Crippen molar-refractivity contribution in [2.75, 3.05) is 13.6 Å². The topological polar surface area (TPSA) is 91.4 Å². The largest absolute Gasteiger partial charge is 0.345 e. The van der Waals surface area contributed by atoms with E-state index in [1.807, 2.05) is 12.1 Å². The third-order valence-electron chi connectivity index (χ3n) is 3.15. The fourth-order valence-corrected chi connectivity index (χ4v) is 1.90. The molecule has 2 heterocycles. The average Bonchev–Trinajstić information content (AvgIpc) is 2.75. The zero-order valence-electron chi connectivity index (χ0n) is 11.1. The van der Waals surface area contributed by atoms with E-state index in [1.54, 1.807) is 24.3 Å². The van der Waals surface area contributed by atoms with Crippen molar-refractivity contribution < 1.29 is 14.4 Å². The quantitative estimate of drug-likeness (QED) is 0.721. The van der Waals surface area contributed by atoms with Crippen LogP contribution in [-0.2, 0) is 16.0 Å². The molecule has 2 rings (SSSR count). The van der Waals surface area contributed by atoms with Crippen LogP contribution in [0.2, 0.25) is 0 Å². The summed E-state index contributed by atoms with van der Waals surface area (Å²) in [4.78, 5) is 39.7. The lowest BCUT2D eigenvalue weighted by atomic mass is 10.1. The van der Waals surface area contributed by atoms with E-state index in [4.69, 9.17) is 0 Å². The number of nitrogens with zero attached hydrogens (tertiary/aromatic N) is 2. The number of rotatable bonds is 5. The van der Waals surface area contributed by atoms with Crippen LogP contribution in [0.1, 0.15) is 12.0 Å². The number of imide groups is 1. The molecule has 1 aliphatic rings. The van der Waals surface area contributed by atoms with E-state index in [1.165, 1.54) is 0 Å². The number of carbonyl (C=O) groups is 3. The van der Waals surface area contributed by atoms with E-state index in [0.29, 0.717) is 13.0 Å². The molecule has 0 aliphatic carbocycles. The van der Waals surface area contributed by atoms with Gasteiger partial charge in [-0.25, -0.2) is 4.79 Å². The van der Waals surface area contributed by atoms with Crippen LogP contribution in [0.5, 0.6) is 0 Å². The Balaban J connectivity index is 1.80. The van der Waals surface area contributed by atoms with Gasteiger partial charge in [0.1, 0.15) is 6.04 Å².